The van der Waals surface area contributed by atoms with E-state index in [9.17, 15) is 8.78 Å². The highest BCUT2D eigenvalue weighted by molar-refractivity contribution is 5.49. The van der Waals surface area contributed by atoms with Crippen LogP contribution >= 0.6 is 0 Å². The van der Waals surface area contributed by atoms with Crippen LogP contribution in [0.1, 0.15) is 85.8 Å². The van der Waals surface area contributed by atoms with Crippen LogP contribution in [0.4, 0.5) is 8.78 Å². The molecule has 0 saturated heterocycles. The van der Waals surface area contributed by atoms with Crippen molar-refractivity contribution in [1.29, 1.82) is 0 Å². The van der Waals surface area contributed by atoms with Gasteiger partial charge in [-0.25, -0.2) is 8.78 Å². The Hall–Kier alpha value is -3.36. The molecule has 2 heteroatoms. The maximum atomic E-state index is 14.5. The van der Waals surface area contributed by atoms with Crippen molar-refractivity contribution in [3.8, 4) is 23.7 Å². The minimum atomic E-state index is -0.429. The van der Waals surface area contributed by atoms with Crippen LogP contribution in [0.3, 0.4) is 0 Å². The van der Waals surface area contributed by atoms with Crippen molar-refractivity contribution in [3.63, 3.8) is 0 Å². The molecule has 0 aliphatic rings. The highest BCUT2D eigenvalue weighted by Gasteiger charge is 2.04. The van der Waals surface area contributed by atoms with Gasteiger partial charge in [-0.05, 0) is 72.9 Å². The zero-order chi connectivity index (χ0) is 24.2. The van der Waals surface area contributed by atoms with Crippen LogP contribution in [0.2, 0.25) is 0 Å². The second-order valence-corrected chi connectivity index (χ2v) is 8.61. The Kier molecular flexibility index (Phi) is 9.94. The Balaban J connectivity index is 1.63. The molecule has 0 heterocycles. The molecular formula is C32H32F2. The Bertz CT molecular complexity index is 1200. The SMILES string of the molecule is CCCCCCCc1ccc(C#Cc2ccc(C#Cc3ccc(CCC)cc3)cc2F)cc1F. The van der Waals surface area contributed by atoms with Gasteiger partial charge >= 0.3 is 0 Å². The monoisotopic (exact) mass is 454 g/mol. The first-order valence-corrected chi connectivity index (χ1v) is 12.3. The average Bonchev–Trinajstić information content (AvgIpc) is 2.84. The van der Waals surface area contributed by atoms with Crippen molar-refractivity contribution < 1.29 is 8.78 Å². The highest BCUT2D eigenvalue weighted by Crippen LogP contribution is 2.15. The fourth-order valence-corrected chi connectivity index (χ4v) is 3.77. The second-order valence-electron chi connectivity index (χ2n) is 8.61. The third-order valence-corrected chi connectivity index (χ3v) is 5.76. The average molecular weight is 455 g/mol. The van der Waals surface area contributed by atoms with Crippen LogP contribution in [0, 0.1) is 35.3 Å². The van der Waals surface area contributed by atoms with E-state index in [4.69, 9.17) is 0 Å². The predicted molar refractivity (Wildman–Crippen MR) is 138 cm³/mol. The number of benzene rings is 3. The van der Waals surface area contributed by atoms with Crippen LogP contribution in [-0.4, -0.2) is 0 Å². The van der Waals surface area contributed by atoms with E-state index in [2.05, 4.69) is 49.7 Å². The topological polar surface area (TPSA) is 0 Å². The molecule has 3 aromatic rings. The Morgan fingerprint density at radius 1 is 0.559 bits per heavy atom. The number of aryl methyl sites for hydroxylation is 2. The number of hydrogen-bond donors (Lipinski definition) is 0. The van der Waals surface area contributed by atoms with E-state index in [1.54, 1.807) is 24.3 Å². The molecule has 0 nitrogen and oxygen atoms in total. The molecule has 0 spiro atoms. The molecule has 3 rings (SSSR count). The zero-order valence-electron chi connectivity index (χ0n) is 20.2. The van der Waals surface area contributed by atoms with Crippen LogP contribution in [0.5, 0.6) is 0 Å². The van der Waals surface area contributed by atoms with Gasteiger partial charge in [0.25, 0.3) is 0 Å². The molecule has 0 fully saturated rings. The van der Waals surface area contributed by atoms with E-state index in [0.717, 1.165) is 43.2 Å². The maximum absolute atomic E-state index is 14.5. The van der Waals surface area contributed by atoms with Gasteiger partial charge < -0.3 is 0 Å². The molecule has 0 N–H and O–H groups in total. The summed E-state index contributed by atoms with van der Waals surface area (Å²) in [6, 6.07) is 18.0. The molecule has 0 aromatic heterocycles. The molecule has 0 bridgehead atoms. The minimum Gasteiger partial charge on any atom is -0.207 e. The van der Waals surface area contributed by atoms with Crippen molar-refractivity contribution in [2.45, 2.75) is 65.2 Å². The van der Waals surface area contributed by atoms with Gasteiger partial charge in [0.1, 0.15) is 11.6 Å². The first kappa shape index (κ1) is 25.3. The molecule has 0 aliphatic heterocycles. The van der Waals surface area contributed by atoms with Crippen molar-refractivity contribution in [1.82, 2.24) is 0 Å². The smallest absolute Gasteiger partial charge is 0.140 e. The molecule has 0 amide bonds. The summed E-state index contributed by atoms with van der Waals surface area (Å²) < 4.78 is 29.0. The lowest BCUT2D eigenvalue weighted by atomic mass is 10.0. The van der Waals surface area contributed by atoms with E-state index < -0.39 is 5.82 Å². The summed E-state index contributed by atoms with van der Waals surface area (Å²) in [5.74, 6) is 11.1. The number of rotatable bonds is 8. The normalized spacial score (nSPS) is 10.2. The summed E-state index contributed by atoms with van der Waals surface area (Å²) in [6.07, 6.45) is 8.65. The third-order valence-electron chi connectivity index (χ3n) is 5.76. The van der Waals surface area contributed by atoms with E-state index >= 15 is 0 Å². The van der Waals surface area contributed by atoms with Gasteiger partial charge in [-0.15, -0.1) is 0 Å². The third kappa shape index (κ3) is 7.90. The van der Waals surface area contributed by atoms with Gasteiger partial charge in [0.2, 0.25) is 0 Å². The number of hydrogen-bond acceptors (Lipinski definition) is 0. The van der Waals surface area contributed by atoms with Crippen LogP contribution in [-0.2, 0) is 12.8 Å². The summed E-state index contributed by atoms with van der Waals surface area (Å²) in [4.78, 5) is 0. The standard InChI is InChI=1S/C32H32F2/c1-3-5-6-7-8-10-29-20-17-28(24-31(29)33)19-22-30-21-18-27(23-32(30)34)16-15-26-13-11-25(9-4-2)12-14-26/h11-14,17-18,20-21,23-24H,3-10H2,1-2H3. The Morgan fingerprint density at radius 3 is 1.85 bits per heavy atom. The highest BCUT2D eigenvalue weighted by atomic mass is 19.1. The van der Waals surface area contributed by atoms with E-state index in [1.165, 1.54) is 37.0 Å². The van der Waals surface area contributed by atoms with Gasteiger partial charge in [0.15, 0.2) is 0 Å². The van der Waals surface area contributed by atoms with Gasteiger partial charge in [0, 0.05) is 16.7 Å². The summed E-state index contributed by atoms with van der Waals surface area (Å²) in [7, 11) is 0. The zero-order valence-corrected chi connectivity index (χ0v) is 20.2. The van der Waals surface area contributed by atoms with Crippen molar-refractivity contribution in [2.75, 3.05) is 0 Å². The van der Waals surface area contributed by atoms with Crippen LogP contribution < -0.4 is 0 Å². The maximum Gasteiger partial charge on any atom is 0.140 e. The quantitative estimate of drug-likeness (QED) is 0.237. The lowest BCUT2D eigenvalue weighted by molar-refractivity contribution is 0.587. The molecule has 0 radical (unpaired) electrons. The summed E-state index contributed by atoms with van der Waals surface area (Å²) in [6.45, 7) is 4.34. The fraction of sp³-hybridized carbons (Fsp3) is 0.312. The van der Waals surface area contributed by atoms with Gasteiger partial charge in [0.05, 0.1) is 5.56 Å². The van der Waals surface area contributed by atoms with Gasteiger partial charge in [-0.1, -0.05) is 87.8 Å². The summed E-state index contributed by atoms with van der Waals surface area (Å²) in [5, 5.41) is 0. The lowest BCUT2D eigenvalue weighted by Crippen LogP contribution is -1.92. The van der Waals surface area contributed by atoms with Crippen molar-refractivity contribution in [3.05, 3.63) is 106 Å². The minimum absolute atomic E-state index is 0.240. The van der Waals surface area contributed by atoms with E-state index in [1.807, 2.05) is 12.1 Å². The molecule has 174 valence electrons. The molecule has 0 saturated carbocycles. The second kappa shape index (κ2) is 13.4. The molecule has 0 unspecified atom stereocenters. The molecule has 34 heavy (non-hydrogen) atoms. The van der Waals surface area contributed by atoms with Crippen molar-refractivity contribution >= 4 is 0 Å². The predicted octanol–water partition coefficient (Wildman–Crippen LogP) is 8.23. The molecule has 0 atom stereocenters. The van der Waals surface area contributed by atoms with Gasteiger partial charge in [-0.3, -0.25) is 0 Å². The van der Waals surface area contributed by atoms with E-state index in [0.29, 0.717) is 11.1 Å². The largest absolute Gasteiger partial charge is 0.207 e. The van der Waals surface area contributed by atoms with Crippen LogP contribution in [0.25, 0.3) is 0 Å². The Labute approximate surface area is 203 Å². The molecule has 0 aliphatic carbocycles. The van der Waals surface area contributed by atoms with E-state index in [-0.39, 0.29) is 11.4 Å². The lowest BCUT2D eigenvalue weighted by Gasteiger charge is -2.04. The molecule has 3 aromatic carbocycles. The van der Waals surface area contributed by atoms with Crippen LogP contribution in [0.15, 0.2) is 60.7 Å². The Morgan fingerprint density at radius 2 is 1.18 bits per heavy atom. The summed E-state index contributed by atoms with van der Waals surface area (Å²) in [5.41, 5.74) is 4.32. The van der Waals surface area contributed by atoms with Crippen molar-refractivity contribution in [2.24, 2.45) is 0 Å². The number of halogens is 2. The summed E-state index contributed by atoms with van der Waals surface area (Å²) >= 11 is 0. The first-order chi connectivity index (χ1) is 16.6. The number of unbranched alkanes of at least 4 members (excludes halogenated alkanes) is 4. The fourth-order valence-electron chi connectivity index (χ4n) is 3.77. The first-order valence-electron chi connectivity index (χ1n) is 12.3. The van der Waals surface area contributed by atoms with Gasteiger partial charge in [-0.2, -0.15) is 0 Å². The molecular weight excluding hydrogens is 422 g/mol.